The van der Waals surface area contributed by atoms with Crippen molar-refractivity contribution in [2.75, 3.05) is 17.7 Å². The van der Waals surface area contributed by atoms with Crippen LogP contribution in [-0.4, -0.2) is 59.8 Å². The summed E-state index contributed by atoms with van der Waals surface area (Å²) in [6.07, 6.45) is 5.50. The predicted octanol–water partition coefficient (Wildman–Crippen LogP) is 1.84. The Kier molecular flexibility index (Phi) is 7.57. The van der Waals surface area contributed by atoms with Gasteiger partial charge in [0, 0.05) is 24.5 Å². The highest BCUT2D eigenvalue weighted by Crippen LogP contribution is 2.26. The number of carbonyl (C=O) groups excluding carboxylic acids is 2. The second kappa shape index (κ2) is 10.8. The molecular weight excluding hydrogens is 468 g/mol. The van der Waals surface area contributed by atoms with Crippen LogP contribution in [0.4, 0.5) is 5.69 Å². The number of halogens is 1. The van der Waals surface area contributed by atoms with Crippen LogP contribution in [0.25, 0.3) is 5.69 Å². The average molecular weight is 491 g/mol. The van der Waals surface area contributed by atoms with E-state index >= 15 is 0 Å². The Morgan fingerprint density at radius 2 is 2.21 bits per heavy atom. The summed E-state index contributed by atoms with van der Waals surface area (Å²) in [5.41, 5.74) is 6.45. The number of primary amides is 1. The molecule has 174 valence electrons. The van der Waals surface area contributed by atoms with Crippen molar-refractivity contribution in [3.63, 3.8) is 0 Å². The van der Waals surface area contributed by atoms with Crippen LogP contribution >= 0.6 is 23.4 Å². The molecule has 1 atom stereocenters. The molecule has 0 saturated carbocycles. The van der Waals surface area contributed by atoms with E-state index in [1.165, 1.54) is 24.4 Å². The zero-order valence-corrected chi connectivity index (χ0v) is 19.3. The molecule has 11 nitrogen and oxygen atoms in total. The van der Waals surface area contributed by atoms with Crippen molar-refractivity contribution in [1.29, 1.82) is 0 Å². The van der Waals surface area contributed by atoms with E-state index in [1.54, 1.807) is 22.9 Å². The second-order valence-electron chi connectivity index (χ2n) is 7.45. The Balaban J connectivity index is 1.45. The van der Waals surface area contributed by atoms with Gasteiger partial charge in [-0.05, 0) is 31.0 Å². The van der Waals surface area contributed by atoms with Crippen LogP contribution in [0.1, 0.15) is 25.1 Å². The molecule has 3 aromatic rings. The van der Waals surface area contributed by atoms with Gasteiger partial charge >= 0.3 is 0 Å². The van der Waals surface area contributed by atoms with E-state index in [0.29, 0.717) is 40.3 Å². The monoisotopic (exact) mass is 490 g/mol. The lowest BCUT2D eigenvalue weighted by molar-refractivity contribution is -0.118. The van der Waals surface area contributed by atoms with Crippen LogP contribution in [-0.2, 0) is 27.3 Å². The van der Waals surface area contributed by atoms with Crippen molar-refractivity contribution in [3.8, 4) is 5.69 Å². The number of anilines is 1. The Labute approximate surface area is 199 Å². The fourth-order valence-electron chi connectivity index (χ4n) is 3.48. The van der Waals surface area contributed by atoms with Crippen molar-refractivity contribution in [1.82, 2.24) is 29.5 Å². The molecule has 3 N–H and O–H groups in total. The minimum Gasteiger partial charge on any atom is -0.376 e. The third-order valence-electron chi connectivity index (χ3n) is 5.03. The van der Waals surface area contributed by atoms with Gasteiger partial charge in [-0.1, -0.05) is 23.4 Å². The highest BCUT2D eigenvalue weighted by atomic mass is 35.5. The highest BCUT2D eigenvalue weighted by molar-refractivity contribution is 7.99. The molecule has 0 spiro atoms. The maximum atomic E-state index is 12.7. The summed E-state index contributed by atoms with van der Waals surface area (Å²) < 4.78 is 9.20. The maximum absolute atomic E-state index is 12.7. The molecule has 13 heteroatoms. The minimum absolute atomic E-state index is 0.0539. The van der Waals surface area contributed by atoms with Crippen molar-refractivity contribution >= 4 is 40.9 Å². The Hall–Kier alpha value is -2.96. The summed E-state index contributed by atoms with van der Waals surface area (Å²) in [6.45, 7) is 1.29. The van der Waals surface area contributed by atoms with Crippen LogP contribution in [0.5, 0.6) is 0 Å². The number of amides is 2. The van der Waals surface area contributed by atoms with Crippen molar-refractivity contribution in [2.24, 2.45) is 5.73 Å². The SMILES string of the molecule is NC(=O)CCc1nnc(SCC(=O)Nc2cc(Cl)ccc2-n2cncn2)n1CC1CCCO1. The number of rotatable bonds is 10. The molecule has 4 rings (SSSR count). The first kappa shape index (κ1) is 23.2. The quantitative estimate of drug-likeness (QED) is 0.410. The first-order valence-corrected chi connectivity index (χ1v) is 11.7. The van der Waals surface area contributed by atoms with Gasteiger partial charge in [0.1, 0.15) is 18.5 Å². The molecule has 1 fully saturated rings. The first-order valence-electron chi connectivity index (χ1n) is 10.4. The Morgan fingerprint density at radius 1 is 1.33 bits per heavy atom. The van der Waals surface area contributed by atoms with Crippen LogP contribution < -0.4 is 11.1 Å². The maximum Gasteiger partial charge on any atom is 0.234 e. The number of aromatic nitrogens is 6. The molecule has 3 heterocycles. The molecule has 2 amide bonds. The lowest BCUT2D eigenvalue weighted by atomic mass is 10.2. The fourth-order valence-corrected chi connectivity index (χ4v) is 4.42. The predicted molar refractivity (Wildman–Crippen MR) is 122 cm³/mol. The highest BCUT2D eigenvalue weighted by Gasteiger charge is 2.22. The number of nitrogens with one attached hydrogen (secondary N) is 1. The lowest BCUT2D eigenvalue weighted by Crippen LogP contribution is -2.20. The third-order valence-corrected chi connectivity index (χ3v) is 6.23. The molecule has 1 aromatic carbocycles. The van der Waals surface area contributed by atoms with Gasteiger partial charge in [-0.25, -0.2) is 9.67 Å². The van der Waals surface area contributed by atoms with E-state index < -0.39 is 5.91 Å². The normalized spacial score (nSPS) is 15.6. The molecule has 1 unspecified atom stereocenters. The molecule has 0 radical (unpaired) electrons. The van der Waals surface area contributed by atoms with Gasteiger partial charge in [-0.15, -0.1) is 10.2 Å². The average Bonchev–Trinajstić information content (AvgIpc) is 3.54. The number of hydrogen-bond donors (Lipinski definition) is 2. The van der Waals surface area contributed by atoms with E-state index in [4.69, 9.17) is 22.1 Å². The Bertz CT molecular complexity index is 1110. The van der Waals surface area contributed by atoms with Crippen LogP contribution in [0.15, 0.2) is 36.0 Å². The summed E-state index contributed by atoms with van der Waals surface area (Å²) in [5, 5.41) is 16.5. The molecule has 0 bridgehead atoms. The summed E-state index contributed by atoms with van der Waals surface area (Å²) >= 11 is 7.38. The van der Waals surface area contributed by atoms with E-state index in [2.05, 4.69) is 25.6 Å². The fraction of sp³-hybridized carbons (Fsp3) is 0.400. The molecule has 1 aliphatic heterocycles. The van der Waals surface area contributed by atoms with Gasteiger partial charge in [-0.3, -0.25) is 9.59 Å². The van der Waals surface area contributed by atoms with E-state index in [-0.39, 0.29) is 24.2 Å². The van der Waals surface area contributed by atoms with Crippen molar-refractivity contribution in [3.05, 3.63) is 41.7 Å². The molecule has 1 saturated heterocycles. The molecule has 33 heavy (non-hydrogen) atoms. The zero-order chi connectivity index (χ0) is 23.2. The molecule has 2 aromatic heterocycles. The van der Waals surface area contributed by atoms with Crippen molar-refractivity contribution in [2.45, 2.75) is 43.5 Å². The first-order chi connectivity index (χ1) is 16.0. The number of hydrogen-bond acceptors (Lipinski definition) is 8. The summed E-state index contributed by atoms with van der Waals surface area (Å²) in [6, 6.07) is 5.12. The standard InChI is InChI=1S/C20H23ClN8O3S/c21-13-3-4-16(29-12-23-11-24-29)15(8-13)25-19(31)10-33-20-27-26-18(6-5-17(22)30)28(20)9-14-2-1-7-32-14/h3-4,8,11-12,14H,1-2,5-7,9-10H2,(H2,22,30)(H,25,31). The van der Waals surface area contributed by atoms with Gasteiger partial charge in [0.15, 0.2) is 5.16 Å². The van der Waals surface area contributed by atoms with E-state index in [9.17, 15) is 9.59 Å². The zero-order valence-electron chi connectivity index (χ0n) is 17.7. The lowest BCUT2D eigenvalue weighted by Gasteiger charge is -2.15. The van der Waals surface area contributed by atoms with Gasteiger partial charge in [0.25, 0.3) is 0 Å². The number of carbonyl (C=O) groups is 2. The summed E-state index contributed by atoms with van der Waals surface area (Å²) in [7, 11) is 0. The molecule has 0 aliphatic carbocycles. The third kappa shape index (κ3) is 6.09. The van der Waals surface area contributed by atoms with Gasteiger partial charge in [0.05, 0.1) is 29.8 Å². The van der Waals surface area contributed by atoms with Crippen molar-refractivity contribution < 1.29 is 14.3 Å². The number of ether oxygens (including phenoxy) is 1. The van der Waals surface area contributed by atoms with E-state index in [0.717, 1.165) is 19.4 Å². The van der Waals surface area contributed by atoms with Crippen LogP contribution in [0.3, 0.4) is 0 Å². The number of nitrogens with zero attached hydrogens (tertiary/aromatic N) is 6. The van der Waals surface area contributed by atoms with Gasteiger partial charge in [0.2, 0.25) is 11.8 Å². The van der Waals surface area contributed by atoms with Crippen LogP contribution in [0.2, 0.25) is 5.02 Å². The topological polar surface area (TPSA) is 143 Å². The minimum atomic E-state index is -0.403. The molecular formula is C20H23ClN8O3S. The van der Waals surface area contributed by atoms with Crippen LogP contribution in [0, 0.1) is 0 Å². The second-order valence-corrected chi connectivity index (χ2v) is 8.83. The number of aryl methyl sites for hydroxylation is 1. The Morgan fingerprint density at radius 3 is 2.94 bits per heavy atom. The number of thioether (sulfide) groups is 1. The number of benzene rings is 1. The van der Waals surface area contributed by atoms with Gasteiger partial charge in [-0.2, -0.15) is 5.10 Å². The summed E-state index contributed by atoms with van der Waals surface area (Å²) in [5.74, 6) is 0.104. The summed E-state index contributed by atoms with van der Waals surface area (Å²) in [4.78, 5) is 27.9. The molecule has 1 aliphatic rings. The van der Waals surface area contributed by atoms with Gasteiger partial charge < -0.3 is 20.4 Å². The smallest absolute Gasteiger partial charge is 0.234 e. The largest absolute Gasteiger partial charge is 0.376 e. The number of nitrogens with two attached hydrogens (primary N) is 1. The van der Waals surface area contributed by atoms with E-state index in [1.807, 2.05) is 4.57 Å².